The molecule has 3 rings (SSSR count). The number of amides is 1. The van der Waals surface area contributed by atoms with Gasteiger partial charge in [0.1, 0.15) is 29.3 Å². The number of benzene rings is 1. The van der Waals surface area contributed by atoms with Crippen molar-refractivity contribution in [3.8, 4) is 0 Å². The standard InChI is InChI=1S/C23H22ClF4NO6S/c1-3-34-18(31)6-7-35-22(33)20(11-4-5-11)36-16-8-12(14(25)9-13(16)24)19-15(30)10-17(23(26,27)28)29(2)21(19)32/h8-11,19-20H,3-7H2,1-2H3. The van der Waals surface area contributed by atoms with Gasteiger partial charge in [0.15, 0.2) is 5.78 Å². The second-order valence-corrected chi connectivity index (χ2v) is 9.75. The van der Waals surface area contributed by atoms with Crippen LogP contribution in [0.4, 0.5) is 17.6 Å². The molecule has 7 nitrogen and oxygen atoms in total. The number of thioether (sulfide) groups is 1. The molecule has 0 saturated heterocycles. The fraction of sp³-hybridized carbons (Fsp3) is 0.478. The van der Waals surface area contributed by atoms with Crippen LogP contribution >= 0.6 is 23.4 Å². The third-order valence-electron chi connectivity index (χ3n) is 5.55. The maximum atomic E-state index is 14.8. The predicted octanol–water partition coefficient (Wildman–Crippen LogP) is 4.42. The SMILES string of the molecule is CCOC(=O)CCOC(=O)C(Sc1cc(C2C(=O)C=C(C(F)(F)F)N(C)C2=O)c(F)cc1Cl)C1CC1. The third kappa shape index (κ3) is 6.39. The van der Waals surface area contributed by atoms with E-state index < -0.39 is 58.1 Å². The molecule has 1 aromatic carbocycles. The van der Waals surface area contributed by atoms with Crippen molar-refractivity contribution in [3.63, 3.8) is 0 Å². The summed E-state index contributed by atoms with van der Waals surface area (Å²) in [7, 11) is 0.847. The summed E-state index contributed by atoms with van der Waals surface area (Å²) in [6.45, 7) is 1.63. The van der Waals surface area contributed by atoms with Crippen LogP contribution in [0.15, 0.2) is 28.8 Å². The minimum absolute atomic E-state index is 0.0731. The molecule has 0 aromatic heterocycles. The Kier molecular flexibility index (Phi) is 8.71. The number of rotatable bonds is 9. The van der Waals surface area contributed by atoms with Crippen LogP contribution in [0.1, 0.15) is 37.7 Å². The van der Waals surface area contributed by atoms with Crippen LogP contribution in [0.25, 0.3) is 0 Å². The fourth-order valence-corrected chi connectivity index (χ4v) is 5.14. The van der Waals surface area contributed by atoms with E-state index >= 15 is 0 Å². The molecule has 2 atom stereocenters. The zero-order valence-corrected chi connectivity index (χ0v) is 20.8. The highest BCUT2D eigenvalue weighted by Crippen LogP contribution is 2.45. The quantitative estimate of drug-likeness (QED) is 0.194. The van der Waals surface area contributed by atoms with Gasteiger partial charge in [-0.25, -0.2) is 4.39 Å². The smallest absolute Gasteiger partial charge is 0.431 e. The Labute approximate surface area is 213 Å². The monoisotopic (exact) mass is 551 g/mol. The molecule has 0 N–H and O–H groups in total. The minimum atomic E-state index is -4.95. The molecule has 1 fully saturated rings. The van der Waals surface area contributed by atoms with Crippen molar-refractivity contribution in [1.29, 1.82) is 0 Å². The number of hydrogen-bond donors (Lipinski definition) is 0. The highest BCUT2D eigenvalue weighted by molar-refractivity contribution is 8.00. The highest BCUT2D eigenvalue weighted by atomic mass is 35.5. The van der Waals surface area contributed by atoms with Gasteiger partial charge in [-0.3, -0.25) is 19.2 Å². The molecule has 36 heavy (non-hydrogen) atoms. The van der Waals surface area contributed by atoms with Crippen LogP contribution in [0, 0.1) is 11.7 Å². The van der Waals surface area contributed by atoms with Crippen molar-refractivity contribution in [2.45, 2.75) is 48.4 Å². The number of likely N-dealkylation sites (N-methyl/N-ethyl adjacent to an activating group) is 1. The van der Waals surface area contributed by atoms with E-state index in [2.05, 4.69) is 0 Å². The molecule has 1 aromatic rings. The summed E-state index contributed by atoms with van der Waals surface area (Å²) in [4.78, 5) is 49.7. The van der Waals surface area contributed by atoms with Crippen molar-refractivity contribution >= 4 is 47.0 Å². The van der Waals surface area contributed by atoms with E-state index in [1.165, 1.54) is 0 Å². The normalized spacial score (nSPS) is 19.1. The Morgan fingerprint density at radius 1 is 1.22 bits per heavy atom. The van der Waals surface area contributed by atoms with Crippen LogP contribution in [-0.4, -0.2) is 60.2 Å². The second-order valence-electron chi connectivity index (χ2n) is 8.16. The summed E-state index contributed by atoms with van der Waals surface area (Å²) < 4.78 is 64.2. The fourth-order valence-electron chi connectivity index (χ4n) is 3.59. The Bertz CT molecular complexity index is 1100. The molecule has 1 amide bonds. The maximum Gasteiger partial charge on any atom is 0.431 e. The molecule has 1 saturated carbocycles. The topological polar surface area (TPSA) is 90.0 Å². The number of nitrogens with zero attached hydrogens (tertiary/aromatic N) is 1. The van der Waals surface area contributed by atoms with Crippen molar-refractivity contribution in [2.24, 2.45) is 5.92 Å². The largest absolute Gasteiger partial charge is 0.466 e. The number of ketones is 1. The minimum Gasteiger partial charge on any atom is -0.466 e. The molecule has 1 heterocycles. The lowest BCUT2D eigenvalue weighted by atomic mass is 9.89. The zero-order chi connectivity index (χ0) is 26.8. The summed E-state index contributed by atoms with van der Waals surface area (Å²) in [5.74, 6) is -6.58. The van der Waals surface area contributed by atoms with Gasteiger partial charge in [0.25, 0.3) is 0 Å². The van der Waals surface area contributed by atoms with E-state index in [0.717, 1.165) is 30.9 Å². The average molecular weight is 552 g/mol. The highest BCUT2D eigenvalue weighted by Gasteiger charge is 2.47. The van der Waals surface area contributed by atoms with Crippen LogP contribution in [0.5, 0.6) is 0 Å². The van der Waals surface area contributed by atoms with Gasteiger partial charge in [0.05, 0.1) is 18.1 Å². The van der Waals surface area contributed by atoms with E-state index in [4.69, 9.17) is 21.1 Å². The second kappa shape index (κ2) is 11.2. The van der Waals surface area contributed by atoms with Gasteiger partial charge in [0, 0.05) is 23.6 Å². The summed E-state index contributed by atoms with van der Waals surface area (Å²) in [6, 6.07) is 1.95. The molecular formula is C23H22ClF4NO6S. The molecule has 0 bridgehead atoms. The van der Waals surface area contributed by atoms with E-state index in [1.807, 2.05) is 0 Å². The van der Waals surface area contributed by atoms with Gasteiger partial charge in [-0.05, 0) is 37.8 Å². The molecule has 13 heteroatoms. The van der Waals surface area contributed by atoms with Crippen molar-refractivity contribution < 1.29 is 46.2 Å². The summed E-state index contributed by atoms with van der Waals surface area (Å²) >= 11 is 7.10. The molecule has 0 radical (unpaired) electrons. The lowest BCUT2D eigenvalue weighted by molar-refractivity contribution is -0.149. The molecule has 0 spiro atoms. The van der Waals surface area contributed by atoms with E-state index in [1.54, 1.807) is 6.92 Å². The van der Waals surface area contributed by atoms with Gasteiger partial charge in [-0.2, -0.15) is 13.2 Å². The molecular weight excluding hydrogens is 530 g/mol. The predicted molar refractivity (Wildman–Crippen MR) is 121 cm³/mol. The van der Waals surface area contributed by atoms with Gasteiger partial charge >= 0.3 is 18.1 Å². The number of halogens is 5. The lowest BCUT2D eigenvalue weighted by Gasteiger charge is -2.30. The molecule has 2 unspecified atom stereocenters. The Hall–Kier alpha value is -2.60. The Morgan fingerprint density at radius 2 is 1.89 bits per heavy atom. The average Bonchev–Trinajstić information content (AvgIpc) is 3.61. The Morgan fingerprint density at radius 3 is 2.47 bits per heavy atom. The number of carbonyl (C=O) groups is 4. The maximum absolute atomic E-state index is 14.8. The first-order valence-electron chi connectivity index (χ1n) is 10.9. The summed E-state index contributed by atoms with van der Waals surface area (Å²) in [5, 5.41) is -0.873. The first-order chi connectivity index (χ1) is 16.8. The first kappa shape index (κ1) is 28.0. The van der Waals surface area contributed by atoms with Crippen molar-refractivity contribution in [2.75, 3.05) is 20.3 Å². The number of alkyl halides is 3. The van der Waals surface area contributed by atoms with E-state index in [0.29, 0.717) is 12.8 Å². The first-order valence-corrected chi connectivity index (χ1v) is 12.2. The van der Waals surface area contributed by atoms with Gasteiger partial charge in [0.2, 0.25) is 5.91 Å². The third-order valence-corrected chi connectivity index (χ3v) is 7.40. The van der Waals surface area contributed by atoms with Gasteiger partial charge in [-0.15, -0.1) is 11.8 Å². The van der Waals surface area contributed by atoms with E-state index in [-0.39, 0.29) is 46.4 Å². The van der Waals surface area contributed by atoms with Gasteiger partial charge in [-0.1, -0.05) is 11.6 Å². The molecule has 2 aliphatic rings. The number of carbonyl (C=O) groups excluding carboxylic acids is 4. The summed E-state index contributed by atoms with van der Waals surface area (Å²) in [6.07, 6.45) is -3.38. The molecule has 1 aliphatic carbocycles. The summed E-state index contributed by atoms with van der Waals surface area (Å²) in [5.41, 5.74) is -1.90. The van der Waals surface area contributed by atoms with Crippen LogP contribution in [-0.2, 0) is 28.7 Å². The lowest BCUT2D eigenvalue weighted by Crippen LogP contribution is -2.43. The van der Waals surface area contributed by atoms with Crippen LogP contribution < -0.4 is 0 Å². The van der Waals surface area contributed by atoms with Crippen molar-refractivity contribution in [3.05, 3.63) is 40.3 Å². The number of hydrogen-bond acceptors (Lipinski definition) is 7. The number of ether oxygens (including phenoxy) is 2. The Balaban J connectivity index is 1.83. The molecule has 1 aliphatic heterocycles. The van der Waals surface area contributed by atoms with Crippen LogP contribution in [0.3, 0.4) is 0 Å². The number of allylic oxidation sites excluding steroid dienone is 2. The zero-order valence-electron chi connectivity index (χ0n) is 19.2. The van der Waals surface area contributed by atoms with Crippen molar-refractivity contribution in [1.82, 2.24) is 4.90 Å². The molecule has 196 valence electrons. The van der Waals surface area contributed by atoms with Crippen LogP contribution in [0.2, 0.25) is 5.02 Å². The van der Waals surface area contributed by atoms with E-state index in [9.17, 15) is 36.7 Å². The van der Waals surface area contributed by atoms with Gasteiger partial charge < -0.3 is 14.4 Å². The number of esters is 2.